The highest BCUT2D eigenvalue weighted by Gasteiger charge is 2.24. The van der Waals surface area contributed by atoms with Gasteiger partial charge in [0.05, 0.1) is 33.0 Å². The standard InChI is InChI=1S/C57H37N5/c1-4-17-38(18-5-1)41-23-14-26-44(35-41)55-58-56(45-27-15-24-42(36-45)39-19-6-2-7-20-39)60-57(59-55)62-52-32-13-11-30-48(52)50-34-33-49-47-29-10-12-31-51(47)61(53(49)54(50)62)46-28-16-25-43(37-46)40-21-8-3-9-22-40/h1-37H/i10D,11D,29D,30D,31D,32D,33D,34D. The van der Waals surface area contributed by atoms with Gasteiger partial charge in [-0.2, -0.15) is 9.97 Å². The Labute approximate surface area is 369 Å². The maximum absolute atomic E-state index is 9.82. The molecule has 0 radical (unpaired) electrons. The van der Waals surface area contributed by atoms with Crippen LogP contribution in [0, 0.1) is 0 Å². The second-order valence-corrected chi connectivity index (χ2v) is 15.0. The van der Waals surface area contributed by atoms with Crippen LogP contribution in [0.5, 0.6) is 0 Å². The Balaban J connectivity index is 1.27. The van der Waals surface area contributed by atoms with E-state index in [-0.39, 0.29) is 97.9 Å². The molecular weight excluding hydrogens is 755 g/mol. The lowest BCUT2D eigenvalue weighted by Gasteiger charge is -2.14. The van der Waals surface area contributed by atoms with Crippen LogP contribution in [0.4, 0.5) is 0 Å². The SMILES string of the molecule is [2H]c1cc([2H])c2c(c1[2H])c1c([2H])c([2H])c3c4c([2H])c([2H])cc([2H])c4n(-c4nc(-c5cccc(-c6ccccc6)c5)nc(-c5cccc(-c6ccccc6)c5)n4)c3c1n2-c1cccc(-c2ccccc2)c1. The summed E-state index contributed by atoms with van der Waals surface area (Å²) >= 11 is 0. The summed E-state index contributed by atoms with van der Waals surface area (Å²) in [7, 11) is 0. The van der Waals surface area contributed by atoms with Gasteiger partial charge in [0.1, 0.15) is 0 Å². The van der Waals surface area contributed by atoms with E-state index in [4.69, 9.17) is 17.7 Å². The summed E-state index contributed by atoms with van der Waals surface area (Å²) in [4.78, 5) is 15.6. The van der Waals surface area contributed by atoms with Crippen molar-refractivity contribution in [3.63, 3.8) is 0 Å². The van der Waals surface area contributed by atoms with Crippen molar-refractivity contribution in [2.75, 3.05) is 0 Å². The van der Waals surface area contributed by atoms with Gasteiger partial charge in [0.25, 0.3) is 0 Å². The molecule has 62 heavy (non-hydrogen) atoms. The molecule has 0 fully saturated rings. The quantitative estimate of drug-likeness (QED) is 0.161. The van der Waals surface area contributed by atoms with E-state index in [9.17, 15) is 8.22 Å². The fourth-order valence-electron chi connectivity index (χ4n) is 8.48. The maximum Gasteiger partial charge on any atom is 0.238 e. The summed E-state index contributed by atoms with van der Waals surface area (Å²) in [5.74, 6) is 0.625. The van der Waals surface area contributed by atoms with Gasteiger partial charge in [-0.25, -0.2) is 4.98 Å². The van der Waals surface area contributed by atoms with Gasteiger partial charge in [-0.05, 0) is 69.7 Å². The van der Waals surface area contributed by atoms with Crippen LogP contribution >= 0.6 is 0 Å². The van der Waals surface area contributed by atoms with Crippen LogP contribution < -0.4 is 0 Å². The molecule has 0 atom stereocenters. The van der Waals surface area contributed by atoms with E-state index in [1.807, 2.05) is 164 Å². The zero-order valence-electron chi connectivity index (χ0n) is 41.0. The monoisotopic (exact) mass is 799 g/mol. The molecule has 0 N–H and O–H groups in total. The average molecular weight is 800 g/mol. The van der Waals surface area contributed by atoms with E-state index >= 15 is 0 Å². The van der Waals surface area contributed by atoms with Crippen molar-refractivity contribution in [3.05, 3.63) is 224 Å². The van der Waals surface area contributed by atoms with Crippen molar-refractivity contribution in [1.29, 1.82) is 0 Å². The lowest BCUT2D eigenvalue weighted by atomic mass is 10.0. The van der Waals surface area contributed by atoms with Gasteiger partial charge < -0.3 is 4.57 Å². The molecule has 5 heteroatoms. The number of benzene rings is 9. The molecule has 0 spiro atoms. The molecule has 3 heterocycles. The molecule has 0 amide bonds. The molecule has 5 nitrogen and oxygen atoms in total. The molecule has 9 aromatic carbocycles. The third-order valence-electron chi connectivity index (χ3n) is 11.3. The third kappa shape index (κ3) is 5.98. The molecule has 290 valence electrons. The molecule has 12 rings (SSSR count). The van der Waals surface area contributed by atoms with Crippen LogP contribution in [-0.4, -0.2) is 24.1 Å². The number of para-hydroxylation sites is 2. The molecule has 12 aromatic rings. The van der Waals surface area contributed by atoms with Gasteiger partial charge in [0.15, 0.2) is 11.6 Å². The number of aromatic nitrogens is 5. The largest absolute Gasteiger partial charge is 0.307 e. The predicted molar refractivity (Wildman–Crippen MR) is 256 cm³/mol. The summed E-state index contributed by atoms with van der Waals surface area (Å²) in [6.07, 6.45) is 0. The van der Waals surface area contributed by atoms with E-state index in [1.54, 1.807) is 9.13 Å². The smallest absolute Gasteiger partial charge is 0.238 e. The molecule has 0 bridgehead atoms. The first-order chi connectivity index (χ1) is 34.0. The lowest BCUT2D eigenvalue weighted by Crippen LogP contribution is -2.07. The molecule has 3 aromatic heterocycles. The Morgan fingerprint density at radius 2 is 0.742 bits per heavy atom. The van der Waals surface area contributed by atoms with Crippen molar-refractivity contribution in [2.24, 2.45) is 0 Å². The molecule has 0 aliphatic carbocycles. The Hall–Kier alpha value is -8.41. The minimum atomic E-state index is -0.316. The first kappa shape index (κ1) is 28.1. The van der Waals surface area contributed by atoms with Crippen molar-refractivity contribution < 1.29 is 11.0 Å². The second kappa shape index (κ2) is 14.7. The second-order valence-electron chi connectivity index (χ2n) is 15.0. The molecule has 0 aliphatic rings. The Morgan fingerprint density at radius 3 is 1.26 bits per heavy atom. The molecule has 0 unspecified atom stereocenters. The van der Waals surface area contributed by atoms with E-state index in [0.29, 0.717) is 28.5 Å². The summed E-state index contributed by atoms with van der Waals surface area (Å²) in [6, 6.07) is 54.0. The summed E-state index contributed by atoms with van der Waals surface area (Å²) < 4.78 is 78.6. The van der Waals surface area contributed by atoms with Gasteiger partial charge in [0.2, 0.25) is 5.95 Å². The molecule has 0 aliphatic heterocycles. The van der Waals surface area contributed by atoms with Crippen LogP contribution in [0.15, 0.2) is 224 Å². The lowest BCUT2D eigenvalue weighted by molar-refractivity contribution is 0.953. The van der Waals surface area contributed by atoms with Crippen LogP contribution in [0.25, 0.3) is 111 Å². The molecule has 0 saturated heterocycles. The normalized spacial score (nSPS) is 13.4. The van der Waals surface area contributed by atoms with E-state index in [2.05, 4.69) is 0 Å². The number of rotatable bonds is 7. The van der Waals surface area contributed by atoms with Crippen LogP contribution in [0.2, 0.25) is 0 Å². The highest BCUT2D eigenvalue weighted by molar-refractivity contribution is 6.23. The topological polar surface area (TPSA) is 48.5 Å². The predicted octanol–water partition coefficient (Wildman–Crippen LogP) is 14.4. The van der Waals surface area contributed by atoms with Crippen molar-refractivity contribution >= 4 is 43.6 Å². The Kier molecular flexibility index (Phi) is 6.67. The van der Waals surface area contributed by atoms with Crippen molar-refractivity contribution in [2.45, 2.75) is 0 Å². The fraction of sp³-hybridized carbons (Fsp3) is 0. The van der Waals surface area contributed by atoms with Crippen molar-refractivity contribution in [3.8, 4) is 67.8 Å². The Bertz CT molecular complexity index is 4000. The average Bonchev–Trinajstić information content (AvgIpc) is 3.96. The number of hydrogen-bond donors (Lipinski definition) is 0. The highest BCUT2D eigenvalue weighted by atomic mass is 15.2. The van der Waals surface area contributed by atoms with Crippen LogP contribution in [-0.2, 0) is 0 Å². The zero-order chi connectivity index (χ0) is 47.9. The maximum atomic E-state index is 9.82. The van der Waals surface area contributed by atoms with E-state index in [1.165, 1.54) is 12.1 Å². The van der Waals surface area contributed by atoms with Crippen LogP contribution in [0.1, 0.15) is 11.0 Å². The van der Waals surface area contributed by atoms with E-state index in [0.717, 1.165) is 33.4 Å². The van der Waals surface area contributed by atoms with Gasteiger partial charge in [0, 0.05) is 38.4 Å². The van der Waals surface area contributed by atoms with Gasteiger partial charge >= 0.3 is 0 Å². The van der Waals surface area contributed by atoms with Gasteiger partial charge in [-0.15, -0.1) is 0 Å². The first-order valence-electron chi connectivity index (χ1n) is 24.3. The van der Waals surface area contributed by atoms with E-state index < -0.39 is 0 Å². The minimum Gasteiger partial charge on any atom is -0.307 e. The van der Waals surface area contributed by atoms with Gasteiger partial charge in [-0.1, -0.05) is 188 Å². The minimum absolute atomic E-state index is 0.0347. The number of nitrogens with zero attached hydrogens (tertiary/aromatic N) is 5. The molecule has 0 saturated carbocycles. The highest BCUT2D eigenvalue weighted by Crippen LogP contribution is 2.42. The summed E-state index contributed by atoms with van der Waals surface area (Å²) in [6.45, 7) is 0. The first-order valence-corrected chi connectivity index (χ1v) is 20.3. The zero-order valence-corrected chi connectivity index (χ0v) is 33.0. The van der Waals surface area contributed by atoms with Gasteiger partial charge in [-0.3, -0.25) is 4.57 Å². The van der Waals surface area contributed by atoms with Crippen LogP contribution in [0.3, 0.4) is 0 Å². The third-order valence-corrected chi connectivity index (χ3v) is 11.3. The summed E-state index contributed by atoms with van der Waals surface area (Å²) in [5.41, 5.74) is 8.39. The molecular formula is C57H37N5. The van der Waals surface area contributed by atoms with Crippen molar-refractivity contribution in [1.82, 2.24) is 24.1 Å². The Morgan fingerprint density at radius 1 is 0.323 bits per heavy atom. The summed E-state index contributed by atoms with van der Waals surface area (Å²) in [5, 5.41) is 0.467. The number of hydrogen-bond acceptors (Lipinski definition) is 3. The number of fused-ring (bicyclic) bond motifs is 7. The fourth-order valence-corrected chi connectivity index (χ4v) is 8.48.